The Labute approximate surface area is 108 Å². The van der Waals surface area contributed by atoms with Crippen molar-refractivity contribution in [2.24, 2.45) is 0 Å². The van der Waals surface area contributed by atoms with Gasteiger partial charge in [0.1, 0.15) is 0 Å². The van der Waals surface area contributed by atoms with Crippen molar-refractivity contribution in [2.45, 2.75) is 43.7 Å². The van der Waals surface area contributed by atoms with Gasteiger partial charge in [-0.15, -0.1) is 23.6 Å². The van der Waals surface area contributed by atoms with Gasteiger partial charge in [0.15, 0.2) is 0 Å². The second-order valence-electron chi connectivity index (χ2n) is 4.32. The fourth-order valence-corrected chi connectivity index (χ4v) is 2.37. The van der Waals surface area contributed by atoms with Crippen LogP contribution >= 0.6 is 11.8 Å². The Hall–Kier alpha value is -0.910. The van der Waals surface area contributed by atoms with Crippen molar-refractivity contribution in [1.29, 1.82) is 0 Å². The van der Waals surface area contributed by atoms with E-state index in [0.717, 1.165) is 24.8 Å². The molecular weight excluding hydrogens is 226 g/mol. The van der Waals surface area contributed by atoms with Gasteiger partial charge in [-0.2, -0.15) is 0 Å². The molecule has 1 saturated carbocycles. The Morgan fingerprint density at radius 1 is 1.29 bits per heavy atom. The lowest BCUT2D eigenvalue weighted by Gasteiger charge is -2.04. The largest absolute Gasteiger partial charge is 0.310 e. The maximum absolute atomic E-state index is 3.53. The summed E-state index contributed by atoms with van der Waals surface area (Å²) in [5.41, 5.74) is 1.38. The van der Waals surface area contributed by atoms with Crippen molar-refractivity contribution in [2.75, 3.05) is 5.75 Å². The normalized spacial score (nSPS) is 14.2. The van der Waals surface area contributed by atoms with Gasteiger partial charge in [0.2, 0.25) is 0 Å². The fraction of sp³-hybridized carbons (Fsp3) is 0.467. The first-order chi connectivity index (χ1) is 8.38. The predicted molar refractivity (Wildman–Crippen MR) is 75.1 cm³/mol. The molecule has 1 aliphatic rings. The number of hydrogen-bond donors (Lipinski definition) is 1. The van der Waals surface area contributed by atoms with Crippen molar-refractivity contribution in [3.8, 4) is 11.8 Å². The molecule has 0 amide bonds. The molecule has 2 heteroatoms. The van der Waals surface area contributed by atoms with E-state index in [0.29, 0.717) is 0 Å². The molecule has 90 valence electrons. The first kappa shape index (κ1) is 12.5. The van der Waals surface area contributed by atoms with Crippen LogP contribution in [0.5, 0.6) is 0 Å². The summed E-state index contributed by atoms with van der Waals surface area (Å²) in [5, 5.41) is 3.53. The van der Waals surface area contributed by atoms with Crippen LogP contribution in [0.15, 0.2) is 29.2 Å². The molecule has 0 unspecified atom stereocenters. The molecular formula is C15H19NS. The molecule has 17 heavy (non-hydrogen) atoms. The van der Waals surface area contributed by atoms with Crippen molar-refractivity contribution in [3.05, 3.63) is 29.8 Å². The highest BCUT2D eigenvalue weighted by Crippen LogP contribution is 2.21. The third kappa shape index (κ3) is 4.85. The average molecular weight is 245 g/mol. The molecule has 1 aromatic rings. The molecule has 0 radical (unpaired) electrons. The maximum Gasteiger partial charge on any atom is 0.0208 e. The highest BCUT2D eigenvalue weighted by Gasteiger charge is 2.19. The summed E-state index contributed by atoms with van der Waals surface area (Å²) in [6.45, 7) is 2.91. The summed E-state index contributed by atoms with van der Waals surface area (Å²) in [6.07, 6.45) is 3.69. The van der Waals surface area contributed by atoms with Crippen molar-refractivity contribution < 1.29 is 0 Å². The lowest BCUT2D eigenvalue weighted by atomic mass is 10.2. The van der Waals surface area contributed by atoms with Gasteiger partial charge in [0, 0.05) is 29.7 Å². The van der Waals surface area contributed by atoms with Crippen LogP contribution in [0.2, 0.25) is 0 Å². The van der Waals surface area contributed by atoms with Gasteiger partial charge in [0.05, 0.1) is 0 Å². The lowest BCUT2D eigenvalue weighted by molar-refractivity contribution is 0.687. The monoisotopic (exact) mass is 245 g/mol. The van der Waals surface area contributed by atoms with Crippen LogP contribution in [0.1, 0.15) is 31.7 Å². The van der Waals surface area contributed by atoms with E-state index in [1.54, 1.807) is 0 Å². The topological polar surface area (TPSA) is 12.0 Å². The SMILES string of the molecule is CC#CCCSc1ccc(CNC2CC2)cc1. The molecule has 1 nitrogen and oxygen atoms in total. The smallest absolute Gasteiger partial charge is 0.0208 e. The van der Waals surface area contributed by atoms with E-state index in [-0.39, 0.29) is 0 Å². The van der Waals surface area contributed by atoms with Crippen molar-refractivity contribution in [3.63, 3.8) is 0 Å². The Bertz CT molecular complexity index is 395. The third-order valence-corrected chi connectivity index (χ3v) is 3.78. The molecule has 1 fully saturated rings. The third-order valence-electron chi connectivity index (χ3n) is 2.77. The van der Waals surface area contributed by atoms with Gasteiger partial charge < -0.3 is 5.32 Å². The molecule has 0 atom stereocenters. The van der Waals surface area contributed by atoms with E-state index in [2.05, 4.69) is 41.4 Å². The van der Waals surface area contributed by atoms with E-state index >= 15 is 0 Å². The summed E-state index contributed by atoms with van der Waals surface area (Å²) >= 11 is 1.88. The Morgan fingerprint density at radius 3 is 2.71 bits per heavy atom. The second kappa shape index (κ2) is 6.74. The van der Waals surface area contributed by atoms with Crippen LogP contribution in [-0.4, -0.2) is 11.8 Å². The van der Waals surface area contributed by atoms with Crippen LogP contribution < -0.4 is 5.32 Å². The number of thioether (sulfide) groups is 1. The quantitative estimate of drug-likeness (QED) is 0.468. The molecule has 0 aliphatic heterocycles. The second-order valence-corrected chi connectivity index (χ2v) is 5.49. The summed E-state index contributed by atoms with van der Waals surface area (Å²) in [6, 6.07) is 9.67. The van der Waals surface area contributed by atoms with Gasteiger partial charge in [-0.1, -0.05) is 12.1 Å². The Morgan fingerprint density at radius 2 is 2.06 bits per heavy atom. The lowest BCUT2D eigenvalue weighted by Crippen LogP contribution is -2.14. The van der Waals surface area contributed by atoms with Gasteiger partial charge in [-0.3, -0.25) is 0 Å². The highest BCUT2D eigenvalue weighted by atomic mass is 32.2. The Kier molecular flexibility index (Phi) is 4.97. The maximum atomic E-state index is 3.53. The molecule has 1 aliphatic carbocycles. The van der Waals surface area contributed by atoms with E-state index < -0.39 is 0 Å². The molecule has 1 aromatic carbocycles. The summed E-state index contributed by atoms with van der Waals surface area (Å²) < 4.78 is 0. The van der Waals surface area contributed by atoms with Gasteiger partial charge >= 0.3 is 0 Å². The van der Waals surface area contributed by atoms with Gasteiger partial charge in [-0.25, -0.2) is 0 Å². The van der Waals surface area contributed by atoms with E-state index in [4.69, 9.17) is 0 Å². The molecule has 0 bridgehead atoms. The fourth-order valence-electron chi connectivity index (χ4n) is 1.60. The van der Waals surface area contributed by atoms with E-state index in [1.807, 2.05) is 18.7 Å². The number of rotatable bonds is 6. The first-order valence-electron chi connectivity index (χ1n) is 6.23. The molecule has 0 aromatic heterocycles. The van der Waals surface area contributed by atoms with E-state index in [1.165, 1.54) is 23.3 Å². The van der Waals surface area contributed by atoms with Crippen LogP contribution in [0.3, 0.4) is 0 Å². The number of nitrogens with one attached hydrogen (secondary N) is 1. The van der Waals surface area contributed by atoms with Crippen LogP contribution in [0, 0.1) is 11.8 Å². The highest BCUT2D eigenvalue weighted by molar-refractivity contribution is 7.99. The molecule has 0 heterocycles. The van der Waals surface area contributed by atoms with Crippen LogP contribution in [0.25, 0.3) is 0 Å². The molecule has 0 spiro atoms. The zero-order valence-electron chi connectivity index (χ0n) is 10.3. The number of hydrogen-bond acceptors (Lipinski definition) is 2. The van der Waals surface area contributed by atoms with Crippen molar-refractivity contribution in [1.82, 2.24) is 5.32 Å². The van der Waals surface area contributed by atoms with Crippen LogP contribution in [0.4, 0.5) is 0 Å². The standard InChI is InChI=1S/C15H19NS/c1-2-3-4-11-17-15-9-5-13(6-10-15)12-16-14-7-8-14/h5-6,9-10,14,16H,4,7-8,11-12H2,1H3. The summed E-state index contributed by atoms with van der Waals surface area (Å²) in [4.78, 5) is 1.35. The Balaban J connectivity index is 1.73. The molecule has 2 rings (SSSR count). The average Bonchev–Trinajstić information content (AvgIpc) is 3.18. The molecule has 1 N–H and O–H groups in total. The van der Waals surface area contributed by atoms with Gasteiger partial charge in [0.25, 0.3) is 0 Å². The minimum Gasteiger partial charge on any atom is -0.310 e. The minimum absolute atomic E-state index is 0.789. The zero-order valence-corrected chi connectivity index (χ0v) is 11.1. The number of benzene rings is 1. The van der Waals surface area contributed by atoms with Crippen LogP contribution in [-0.2, 0) is 6.54 Å². The first-order valence-corrected chi connectivity index (χ1v) is 7.22. The van der Waals surface area contributed by atoms with Crippen molar-refractivity contribution >= 4 is 11.8 Å². The summed E-state index contributed by atoms with van der Waals surface area (Å²) in [7, 11) is 0. The summed E-state index contributed by atoms with van der Waals surface area (Å²) in [5.74, 6) is 7.10. The predicted octanol–water partition coefficient (Wildman–Crippen LogP) is 3.44. The van der Waals surface area contributed by atoms with Gasteiger partial charge in [-0.05, 0) is 37.5 Å². The molecule has 0 saturated heterocycles. The minimum atomic E-state index is 0.789. The van der Waals surface area contributed by atoms with E-state index in [9.17, 15) is 0 Å². The zero-order chi connectivity index (χ0) is 11.9.